The van der Waals surface area contributed by atoms with Crippen LogP contribution >= 0.6 is 0 Å². The predicted octanol–water partition coefficient (Wildman–Crippen LogP) is 2.42. The van der Waals surface area contributed by atoms with Crippen LogP contribution in [0.25, 0.3) is 10.9 Å². The van der Waals surface area contributed by atoms with Gasteiger partial charge in [0.15, 0.2) is 5.78 Å². The Kier molecular flexibility index (Phi) is 4.06. The Morgan fingerprint density at radius 2 is 1.76 bits per heavy atom. The normalized spacial score (nSPS) is 10.6. The number of aromatic hydroxyl groups is 1. The van der Waals surface area contributed by atoms with Crippen LogP contribution in [0.15, 0.2) is 42.7 Å². The first-order valence-corrected chi connectivity index (χ1v) is 7.37. The van der Waals surface area contributed by atoms with E-state index in [0.717, 1.165) is 4.57 Å². The van der Waals surface area contributed by atoms with Crippen molar-refractivity contribution in [1.29, 1.82) is 0 Å². The zero-order valence-corrected chi connectivity index (χ0v) is 13.5. The lowest BCUT2D eigenvalue weighted by Crippen LogP contribution is -2.06. The number of aromatic nitrogens is 2. The Bertz CT molecular complexity index is 1010. The Balaban J connectivity index is 2.32. The van der Waals surface area contributed by atoms with E-state index in [-0.39, 0.29) is 16.5 Å². The summed E-state index contributed by atoms with van der Waals surface area (Å²) in [5, 5.41) is 10.8. The zero-order chi connectivity index (χ0) is 18.1. The van der Waals surface area contributed by atoms with E-state index in [9.17, 15) is 19.5 Å². The van der Waals surface area contributed by atoms with Crippen molar-refractivity contribution in [3.05, 3.63) is 59.4 Å². The fourth-order valence-electron chi connectivity index (χ4n) is 2.71. The number of carbonyl (C=O) groups is 3. The van der Waals surface area contributed by atoms with Crippen LogP contribution in [-0.2, 0) is 4.74 Å². The summed E-state index contributed by atoms with van der Waals surface area (Å²) in [4.78, 5) is 40.4. The van der Waals surface area contributed by atoms with Crippen molar-refractivity contribution in [2.24, 2.45) is 0 Å². The van der Waals surface area contributed by atoms with Crippen LogP contribution in [0.4, 0.5) is 0 Å². The van der Waals surface area contributed by atoms with Crippen LogP contribution in [-0.4, -0.2) is 39.4 Å². The van der Waals surface area contributed by atoms with E-state index in [1.807, 2.05) is 0 Å². The molecule has 0 saturated carbocycles. The Labute approximate surface area is 142 Å². The molecule has 0 radical (unpaired) electrons. The topological polar surface area (TPSA) is 98.5 Å². The molecule has 0 aliphatic heterocycles. The summed E-state index contributed by atoms with van der Waals surface area (Å²) >= 11 is 0. The maximum absolute atomic E-state index is 12.8. The lowest BCUT2D eigenvalue weighted by atomic mass is 10.0. The van der Waals surface area contributed by atoms with Crippen LogP contribution < -0.4 is 0 Å². The molecule has 0 atom stereocenters. The predicted molar refractivity (Wildman–Crippen MR) is 88.9 cm³/mol. The molecule has 3 aromatic rings. The molecule has 3 rings (SSSR count). The highest BCUT2D eigenvalue weighted by molar-refractivity contribution is 6.20. The second-order valence-corrected chi connectivity index (χ2v) is 5.34. The summed E-state index contributed by atoms with van der Waals surface area (Å²) in [6, 6.07) is 7.39. The molecule has 25 heavy (non-hydrogen) atoms. The summed E-state index contributed by atoms with van der Waals surface area (Å²) in [6.45, 7) is 1.27. The van der Waals surface area contributed by atoms with E-state index >= 15 is 0 Å². The van der Waals surface area contributed by atoms with Crippen molar-refractivity contribution in [2.45, 2.75) is 6.92 Å². The largest absolute Gasteiger partial charge is 0.494 e. The molecule has 1 aromatic carbocycles. The molecule has 126 valence electrons. The molecule has 7 nitrogen and oxygen atoms in total. The van der Waals surface area contributed by atoms with Crippen LogP contribution in [0.1, 0.15) is 38.0 Å². The molecule has 2 heterocycles. The van der Waals surface area contributed by atoms with E-state index in [0.29, 0.717) is 11.1 Å². The van der Waals surface area contributed by atoms with Crippen molar-refractivity contribution in [3.8, 4) is 5.88 Å². The SMILES string of the molecule is COC(=O)c1ccc2c(c1)c(C(=O)c1ccncc1)c(O)n2C(C)=O. The molecule has 0 fully saturated rings. The summed E-state index contributed by atoms with van der Waals surface area (Å²) in [7, 11) is 1.24. The summed E-state index contributed by atoms with van der Waals surface area (Å²) < 4.78 is 5.72. The van der Waals surface area contributed by atoms with Crippen molar-refractivity contribution in [3.63, 3.8) is 0 Å². The van der Waals surface area contributed by atoms with Gasteiger partial charge in [0.25, 0.3) is 0 Å². The van der Waals surface area contributed by atoms with Gasteiger partial charge < -0.3 is 9.84 Å². The number of hydrogen-bond donors (Lipinski definition) is 1. The molecule has 0 amide bonds. The minimum atomic E-state index is -0.584. The first kappa shape index (κ1) is 16.4. The third-order valence-electron chi connectivity index (χ3n) is 3.85. The first-order valence-electron chi connectivity index (χ1n) is 7.37. The molecule has 2 aromatic heterocycles. The van der Waals surface area contributed by atoms with Crippen LogP contribution in [0, 0.1) is 0 Å². The molecular weight excluding hydrogens is 324 g/mol. The van der Waals surface area contributed by atoms with Gasteiger partial charge in [0.2, 0.25) is 11.8 Å². The van der Waals surface area contributed by atoms with Gasteiger partial charge in [-0.15, -0.1) is 0 Å². The van der Waals surface area contributed by atoms with Crippen LogP contribution in [0.2, 0.25) is 0 Å². The van der Waals surface area contributed by atoms with Gasteiger partial charge in [0.05, 0.1) is 23.8 Å². The number of carbonyl (C=O) groups excluding carboxylic acids is 3. The van der Waals surface area contributed by atoms with Crippen LogP contribution in [0.5, 0.6) is 5.88 Å². The van der Waals surface area contributed by atoms with Gasteiger partial charge in [0.1, 0.15) is 0 Å². The second-order valence-electron chi connectivity index (χ2n) is 5.34. The third kappa shape index (κ3) is 2.65. The molecule has 0 aliphatic rings. The van der Waals surface area contributed by atoms with E-state index in [4.69, 9.17) is 0 Å². The first-order chi connectivity index (χ1) is 12.0. The van der Waals surface area contributed by atoms with Crippen molar-refractivity contribution in [2.75, 3.05) is 7.11 Å². The molecule has 0 unspecified atom stereocenters. The third-order valence-corrected chi connectivity index (χ3v) is 3.85. The number of benzene rings is 1. The number of pyridine rings is 1. The number of rotatable bonds is 3. The van der Waals surface area contributed by atoms with E-state index < -0.39 is 23.5 Å². The highest BCUT2D eigenvalue weighted by Gasteiger charge is 2.26. The van der Waals surface area contributed by atoms with E-state index in [1.165, 1.54) is 56.8 Å². The molecular formula is C18H14N2O5. The summed E-state index contributed by atoms with van der Waals surface area (Å²) in [5.41, 5.74) is 0.785. The van der Waals surface area contributed by atoms with Gasteiger partial charge in [-0.05, 0) is 30.3 Å². The van der Waals surface area contributed by atoms with Gasteiger partial charge in [-0.25, -0.2) is 4.79 Å². The fraction of sp³-hybridized carbons (Fsp3) is 0.111. The number of ether oxygens (including phenoxy) is 1. The van der Waals surface area contributed by atoms with Crippen molar-refractivity contribution < 1.29 is 24.2 Å². The summed E-state index contributed by atoms with van der Waals surface area (Å²) in [5.74, 6) is -1.99. The van der Waals surface area contributed by atoms with Gasteiger partial charge in [0, 0.05) is 30.3 Å². The number of esters is 1. The smallest absolute Gasteiger partial charge is 0.337 e. The average Bonchev–Trinajstić information content (AvgIpc) is 2.92. The molecule has 1 N–H and O–H groups in total. The standard InChI is InChI=1S/C18H14N2O5/c1-10(21)20-14-4-3-12(18(24)25-2)9-13(14)15(17(20)23)16(22)11-5-7-19-8-6-11/h3-9,23H,1-2H3. The monoisotopic (exact) mass is 338 g/mol. The quantitative estimate of drug-likeness (QED) is 0.582. The lowest BCUT2D eigenvalue weighted by molar-refractivity contribution is 0.0600. The number of methoxy groups -OCH3 is 1. The fourth-order valence-corrected chi connectivity index (χ4v) is 2.71. The molecule has 0 aliphatic carbocycles. The van der Waals surface area contributed by atoms with E-state index in [1.54, 1.807) is 0 Å². The average molecular weight is 338 g/mol. The minimum Gasteiger partial charge on any atom is -0.494 e. The van der Waals surface area contributed by atoms with E-state index in [2.05, 4.69) is 9.72 Å². The van der Waals surface area contributed by atoms with Crippen LogP contribution in [0.3, 0.4) is 0 Å². The lowest BCUT2D eigenvalue weighted by Gasteiger charge is -2.02. The highest BCUT2D eigenvalue weighted by Crippen LogP contribution is 2.34. The number of nitrogens with zero attached hydrogens (tertiary/aromatic N) is 2. The number of ketones is 1. The van der Waals surface area contributed by atoms with Gasteiger partial charge in [-0.2, -0.15) is 0 Å². The van der Waals surface area contributed by atoms with Crippen molar-refractivity contribution >= 4 is 28.6 Å². The zero-order valence-electron chi connectivity index (χ0n) is 13.5. The van der Waals surface area contributed by atoms with Crippen molar-refractivity contribution in [1.82, 2.24) is 9.55 Å². The Hall–Kier alpha value is -3.48. The minimum absolute atomic E-state index is 0.0536. The van der Waals surface area contributed by atoms with Gasteiger partial charge >= 0.3 is 5.97 Å². The summed E-state index contributed by atoms with van der Waals surface area (Å²) in [6.07, 6.45) is 2.91. The molecule has 7 heteroatoms. The van der Waals surface area contributed by atoms with Gasteiger partial charge in [-0.1, -0.05) is 0 Å². The Morgan fingerprint density at radius 3 is 2.36 bits per heavy atom. The maximum atomic E-state index is 12.8. The number of hydrogen-bond acceptors (Lipinski definition) is 6. The molecule has 0 saturated heterocycles. The second kappa shape index (κ2) is 6.20. The maximum Gasteiger partial charge on any atom is 0.337 e. The Morgan fingerprint density at radius 1 is 1.08 bits per heavy atom. The molecule has 0 bridgehead atoms. The van der Waals surface area contributed by atoms with Gasteiger partial charge in [-0.3, -0.25) is 19.1 Å². The molecule has 0 spiro atoms. The number of fused-ring (bicyclic) bond motifs is 1. The highest BCUT2D eigenvalue weighted by atomic mass is 16.5.